The lowest BCUT2D eigenvalue weighted by atomic mass is 9.89. The second-order valence-corrected chi connectivity index (χ2v) is 6.77. The first-order valence-electron chi connectivity index (χ1n) is 9.29. The summed E-state index contributed by atoms with van der Waals surface area (Å²) in [6.45, 7) is 1.13. The van der Waals surface area contributed by atoms with Crippen LogP contribution in [0.4, 0.5) is 13.2 Å². The van der Waals surface area contributed by atoms with Crippen molar-refractivity contribution in [3.8, 4) is 5.75 Å². The lowest BCUT2D eigenvalue weighted by molar-refractivity contribution is -0.0685. The fourth-order valence-corrected chi connectivity index (χ4v) is 3.19. The number of halogens is 3. The Morgan fingerprint density at radius 3 is 1.83 bits per heavy atom. The maximum Gasteiger partial charge on any atom is 0.417 e. The summed E-state index contributed by atoms with van der Waals surface area (Å²) in [6.07, 6.45) is -4.41. The van der Waals surface area contributed by atoms with Gasteiger partial charge in [-0.25, -0.2) is 0 Å². The molecule has 2 nitrogen and oxygen atoms in total. The Labute approximate surface area is 167 Å². The van der Waals surface area contributed by atoms with Gasteiger partial charge in [-0.05, 0) is 28.8 Å². The van der Waals surface area contributed by atoms with Crippen LogP contribution in [-0.4, -0.2) is 25.5 Å². The van der Waals surface area contributed by atoms with E-state index in [9.17, 15) is 13.2 Å². The molecule has 4 rings (SSSR count). The van der Waals surface area contributed by atoms with Crippen molar-refractivity contribution in [2.45, 2.75) is 12.3 Å². The van der Waals surface area contributed by atoms with Crippen LogP contribution in [-0.2, 0) is 4.74 Å². The highest BCUT2D eigenvalue weighted by atomic mass is 19.4. The molecule has 1 aliphatic rings. The van der Waals surface area contributed by atoms with Gasteiger partial charge < -0.3 is 9.47 Å². The minimum absolute atomic E-state index is 0.115. The first-order chi connectivity index (χ1) is 14.0. The van der Waals surface area contributed by atoms with Crippen molar-refractivity contribution in [3.63, 3.8) is 0 Å². The molecule has 1 unspecified atom stereocenters. The molecule has 1 aliphatic heterocycles. The maximum absolute atomic E-state index is 14.2. The molecule has 0 N–H and O–H groups in total. The molecule has 0 saturated carbocycles. The molecule has 5 heteroatoms. The average molecular weight is 396 g/mol. The summed E-state index contributed by atoms with van der Waals surface area (Å²) in [7, 11) is 0. The molecule has 0 radical (unpaired) electrons. The van der Waals surface area contributed by atoms with Gasteiger partial charge in [0.05, 0.1) is 12.2 Å². The van der Waals surface area contributed by atoms with E-state index >= 15 is 0 Å². The summed E-state index contributed by atoms with van der Waals surface area (Å²) in [5.74, 6) is 0.602. The number of allylic oxidation sites excluding steroid dienone is 1. The van der Waals surface area contributed by atoms with Crippen LogP contribution in [0.3, 0.4) is 0 Å². The van der Waals surface area contributed by atoms with Gasteiger partial charge in [0.25, 0.3) is 0 Å². The summed E-state index contributed by atoms with van der Waals surface area (Å²) in [6, 6.07) is 23.3. The van der Waals surface area contributed by atoms with Crippen LogP contribution in [0.5, 0.6) is 5.75 Å². The van der Waals surface area contributed by atoms with E-state index in [-0.39, 0.29) is 17.2 Å². The number of alkyl halides is 3. The third-order valence-corrected chi connectivity index (χ3v) is 4.64. The molecule has 29 heavy (non-hydrogen) atoms. The highest BCUT2D eigenvalue weighted by Gasteiger charge is 2.38. The average Bonchev–Trinajstić information content (AvgIpc) is 3.56. The zero-order valence-electron chi connectivity index (χ0n) is 15.5. The number of rotatable bonds is 6. The number of benzene rings is 3. The zero-order chi connectivity index (χ0) is 20.3. The van der Waals surface area contributed by atoms with Gasteiger partial charge >= 0.3 is 6.18 Å². The van der Waals surface area contributed by atoms with Crippen molar-refractivity contribution in [1.29, 1.82) is 0 Å². The van der Waals surface area contributed by atoms with Crippen molar-refractivity contribution in [3.05, 3.63) is 102 Å². The highest BCUT2D eigenvalue weighted by molar-refractivity contribution is 6.00. The van der Waals surface area contributed by atoms with Crippen molar-refractivity contribution >= 4 is 11.1 Å². The predicted octanol–water partition coefficient (Wildman–Crippen LogP) is 5.99. The van der Waals surface area contributed by atoms with E-state index in [0.29, 0.717) is 30.1 Å². The third kappa shape index (κ3) is 4.69. The fourth-order valence-electron chi connectivity index (χ4n) is 3.19. The topological polar surface area (TPSA) is 21.8 Å². The van der Waals surface area contributed by atoms with Crippen LogP contribution in [0.2, 0.25) is 0 Å². The Balaban J connectivity index is 1.83. The standard InChI is InChI=1S/C24H19F3O2/c25-24(26,27)23(19-9-5-2-6-10-19)22(17-7-3-1-4-8-17)18-11-13-20(14-12-18)28-15-21-16-29-21/h1-14,21H,15-16H2/b23-22+. The van der Waals surface area contributed by atoms with E-state index in [4.69, 9.17) is 9.47 Å². The molecule has 0 aromatic heterocycles. The largest absolute Gasteiger partial charge is 0.491 e. The predicted molar refractivity (Wildman–Crippen MR) is 107 cm³/mol. The maximum atomic E-state index is 14.2. The van der Waals surface area contributed by atoms with Crippen LogP contribution in [0.1, 0.15) is 16.7 Å². The van der Waals surface area contributed by atoms with Crippen LogP contribution >= 0.6 is 0 Å². The Kier molecular flexibility index (Phi) is 5.41. The van der Waals surface area contributed by atoms with E-state index in [1.807, 2.05) is 0 Å². The zero-order valence-corrected chi connectivity index (χ0v) is 15.5. The molecule has 1 heterocycles. The van der Waals surface area contributed by atoms with Crippen molar-refractivity contribution in [2.24, 2.45) is 0 Å². The molecule has 1 saturated heterocycles. The molecular formula is C24H19F3O2. The van der Waals surface area contributed by atoms with Gasteiger partial charge in [0, 0.05) is 5.57 Å². The normalized spacial score (nSPS) is 16.9. The number of hydrogen-bond acceptors (Lipinski definition) is 2. The van der Waals surface area contributed by atoms with E-state index < -0.39 is 11.7 Å². The molecule has 0 bridgehead atoms. The minimum atomic E-state index is -4.52. The second kappa shape index (κ2) is 8.13. The highest BCUT2D eigenvalue weighted by Crippen LogP contribution is 2.42. The summed E-state index contributed by atoms with van der Waals surface area (Å²) < 4.78 is 53.4. The third-order valence-electron chi connectivity index (χ3n) is 4.64. The van der Waals surface area contributed by atoms with Gasteiger partial charge in [-0.2, -0.15) is 13.2 Å². The first kappa shape index (κ1) is 19.3. The quantitative estimate of drug-likeness (QED) is 0.377. The SMILES string of the molecule is FC(F)(F)/C(=C(\c1ccccc1)c1ccc(OCC2CO2)cc1)c1ccccc1. The molecule has 3 aromatic rings. The van der Waals surface area contributed by atoms with Crippen LogP contribution in [0, 0.1) is 0 Å². The van der Waals surface area contributed by atoms with Gasteiger partial charge in [0.2, 0.25) is 0 Å². The van der Waals surface area contributed by atoms with E-state index in [2.05, 4.69) is 0 Å². The van der Waals surface area contributed by atoms with Gasteiger partial charge in [0.1, 0.15) is 18.5 Å². The Hall–Kier alpha value is -3.05. The molecular weight excluding hydrogens is 377 g/mol. The number of epoxide rings is 1. The van der Waals surface area contributed by atoms with Crippen LogP contribution in [0.25, 0.3) is 11.1 Å². The van der Waals surface area contributed by atoms with E-state index in [1.54, 1.807) is 72.8 Å². The van der Waals surface area contributed by atoms with Crippen molar-refractivity contribution in [1.82, 2.24) is 0 Å². The summed E-state index contributed by atoms with van der Waals surface area (Å²) in [5.41, 5.74) is 0.585. The second-order valence-electron chi connectivity index (χ2n) is 6.77. The van der Waals surface area contributed by atoms with Gasteiger partial charge in [-0.15, -0.1) is 0 Å². The Morgan fingerprint density at radius 1 is 0.793 bits per heavy atom. The monoisotopic (exact) mass is 396 g/mol. The molecule has 1 fully saturated rings. The Morgan fingerprint density at radius 2 is 1.31 bits per heavy atom. The summed E-state index contributed by atoms with van der Waals surface area (Å²) in [4.78, 5) is 0. The number of ether oxygens (including phenoxy) is 2. The molecule has 1 atom stereocenters. The van der Waals surface area contributed by atoms with Gasteiger partial charge in [-0.1, -0.05) is 72.8 Å². The summed E-state index contributed by atoms with van der Waals surface area (Å²) in [5, 5.41) is 0. The molecule has 0 amide bonds. The lowest BCUT2D eigenvalue weighted by Gasteiger charge is -2.20. The van der Waals surface area contributed by atoms with Crippen molar-refractivity contribution in [2.75, 3.05) is 13.2 Å². The minimum Gasteiger partial charge on any atom is -0.491 e. The van der Waals surface area contributed by atoms with E-state index in [1.165, 1.54) is 12.1 Å². The molecule has 3 aromatic carbocycles. The summed E-state index contributed by atoms with van der Waals surface area (Å²) >= 11 is 0. The molecule has 0 spiro atoms. The number of hydrogen-bond donors (Lipinski definition) is 0. The van der Waals surface area contributed by atoms with Gasteiger partial charge in [-0.3, -0.25) is 0 Å². The molecule has 0 aliphatic carbocycles. The first-order valence-corrected chi connectivity index (χ1v) is 9.29. The van der Waals surface area contributed by atoms with Gasteiger partial charge in [0.15, 0.2) is 0 Å². The van der Waals surface area contributed by atoms with Crippen molar-refractivity contribution < 1.29 is 22.6 Å². The molecule has 148 valence electrons. The fraction of sp³-hybridized carbons (Fsp3) is 0.167. The Bertz CT molecular complexity index is 974. The van der Waals surface area contributed by atoms with E-state index in [0.717, 1.165) is 0 Å². The smallest absolute Gasteiger partial charge is 0.417 e. The van der Waals surface area contributed by atoms with Crippen LogP contribution < -0.4 is 4.74 Å². The van der Waals surface area contributed by atoms with Crippen LogP contribution in [0.15, 0.2) is 84.9 Å². The lowest BCUT2D eigenvalue weighted by Crippen LogP contribution is -2.14.